The maximum Gasteiger partial charge on any atom is 0.133 e. The minimum Gasteiger partial charge on any atom is -0.397 e. The van der Waals surface area contributed by atoms with Crippen molar-refractivity contribution in [2.75, 3.05) is 11.1 Å². The topological polar surface area (TPSA) is 50.9 Å². The molecule has 0 spiro atoms. The van der Waals surface area contributed by atoms with Crippen molar-refractivity contribution < 1.29 is 4.39 Å². The van der Waals surface area contributed by atoms with Crippen LogP contribution in [-0.4, -0.2) is 4.98 Å². The first-order valence-corrected chi connectivity index (χ1v) is 5.31. The van der Waals surface area contributed by atoms with E-state index in [0.717, 1.165) is 11.1 Å². The molecule has 3 nitrogen and oxygen atoms in total. The Bertz CT molecular complexity index is 552. The molecule has 0 saturated heterocycles. The Hall–Kier alpha value is -2.10. The van der Waals surface area contributed by atoms with Gasteiger partial charge in [0.05, 0.1) is 11.9 Å². The maximum absolute atomic E-state index is 13.1. The number of hydrogen-bond acceptors (Lipinski definition) is 3. The summed E-state index contributed by atoms with van der Waals surface area (Å²) in [5.41, 5.74) is 8.84. The van der Waals surface area contributed by atoms with Crippen LogP contribution >= 0.6 is 0 Å². The fraction of sp³-hybridized carbons (Fsp3) is 0.154. The standard InChI is InChI=1S/C13H14FN3/c1-8-3-4-10(14)6-12(8)17-13-9(2)5-11(15)7-16-13/h3-7H,15H2,1-2H3,(H,16,17). The monoisotopic (exact) mass is 231 g/mol. The third-order valence-electron chi connectivity index (χ3n) is 2.55. The molecule has 0 bridgehead atoms. The average Bonchev–Trinajstić information content (AvgIpc) is 2.27. The van der Waals surface area contributed by atoms with E-state index in [-0.39, 0.29) is 5.82 Å². The Morgan fingerprint density at radius 1 is 1.18 bits per heavy atom. The van der Waals surface area contributed by atoms with Crippen LogP contribution in [-0.2, 0) is 0 Å². The van der Waals surface area contributed by atoms with Crippen LogP contribution in [0.4, 0.5) is 21.6 Å². The van der Waals surface area contributed by atoms with Crippen LogP contribution in [0.15, 0.2) is 30.5 Å². The van der Waals surface area contributed by atoms with E-state index in [1.807, 2.05) is 19.9 Å². The molecule has 4 heteroatoms. The van der Waals surface area contributed by atoms with Crippen molar-refractivity contribution in [3.8, 4) is 0 Å². The highest BCUT2D eigenvalue weighted by molar-refractivity contribution is 5.64. The summed E-state index contributed by atoms with van der Waals surface area (Å²) in [6.45, 7) is 3.81. The van der Waals surface area contributed by atoms with Crippen molar-refractivity contribution in [3.63, 3.8) is 0 Å². The van der Waals surface area contributed by atoms with Crippen LogP contribution in [0.2, 0.25) is 0 Å². The minimum atomic E-state index is -0.272. The van der Waals surface area contributed by atoms with Gasteiger partial charge in [0.15, 0.2) is 0 Å². The fourth-order valence-corrected chi connectivity index (χ4v) is 1.58. The Morgan fingerprint density at radius 2 is 1.94 bits per heavy atom. The van der Waals surface area contributed by atoms with Crippen LogP contribution in [0.5, 0.6) is 0 Å². The number of aromatic nitrogens is 1. The fourth-order valence-electron chi connectivity index (χ4n) is 1.58. The molecule has 0 amide bonds. The molecule has 0 unspecified atom stereocenters. The number of benzene rings is 1. The molecular weight excluding hydrogens is 217 g/mol. The van der Waals surface area contributed by atoms with E-state index < -0.39 is 0 Å². The lowest BCUT2D eigenvalue weighted by atomic mass is 10.2. The van der Waals surface area contributed by atoms with Crippen molar-refractivity contribution in [1.29, 1.82) is 0 Å². The van der Waals surface area contributed by atoms with Crippen LogP contribution in [0.25, 0.3) is 0 Å². The summed E-state index contributed by atoms with van der Waals surface area (Å²) in [6.07, 6.45) is 1.57. The third-order valence-corrected chi connectivity index (χ3v) is 2.55. The van der Waals surface area contributed by atoms with Crippen molar-refractivity contribution in [3.05, 3.63) is 47.4 Å². The van der Waals surface area contributed by atoms with E-state index in [2.05, 4.69) is 10.3 Å². The van der Waals surface area contributed by atoms with E-state index in [1.54, 1.807) is 12.3 Å². The second-order valence-electron chi connectivity index (χ2n) is 4.02. The molecule has 2 aromatic rings. The summed E-state index contributed by atoms with van der Waals surface area (Å²) in [6, 6.07) is 6.44. The van der Waals surface area contributed by atoms with E-state index >= 15 is 0 Å². The summed E-state index contributed by atoms with van der Waals surface area (Å²) in [4.78, 5) is 4.19. The molecule has 17 heavy (non-hydrogen) atoms. The van der Waals surface area contributed by atoms with Gasteiger partial charge >= 0.3 is 0 Å². The highest BCUT2D eigenvalue weighted by Crippen LogP contribution is 2.23. The van der Waals surface area contributed by atoms with Gasteiger partial charge < -0.3 is 11.1 Å². The first-order valence-electron chi connectivity index (χ1n) is 5.31. The first-order chi connectivity index (χ1) is 8.06. The Kier molecular flexibility index (Phi) is 2.95. The van der Waals surface area contributed by atoms with Crippen LogP contribution in [0, 0.1) is 19.7 Å². The number of pyridine rings is 1. The number of rotatable bonds is 2. The van der Waals surface area contributed by atoms with Gasteiger partial charge in [-0.1, -0.05) is 6.07 Å². The van der Waals surface area contributed by atoms with Gasteiger partial charge in [-0.2, -0.15) is 0 Å². The summed E-state index contributed by atoms with van der Waals surface area (Å²) < 4.78 is 13.1. The van der Waals surface area contributed by atoms with Gasteiger partial charge in [0.2, 0.25) is 0 Å². The van der Waals surface area contributed by atoms with Gasteiger partial charge in [-0.3, -0.25) is 0 Å². The second-order valence-corrected chi connectivity index (χ2v) is 4.02. The molecule has 1 aromatic carbocycles. The summed E-state index contributed by atoms with van der Waals surface area (Å²) in [5, 5.41) is 3.10. The smallest absolute Gasteiger partial charge is 0.133 e. The van der Waals surface area contributed by atoms with Crippen molar-refractivity contribution in [2.45, 2.75) is 13.8 Å². The molecule has 1 heterocycles. The Balaban J connectivity index is 2.34. The molecule has 0 atom stereocenters. The van der Waals surface area contributed by atoms with Gasteiger partial charge in [0.1, 0.15) is 11.6 Å². The van der Waals surface area contributed by atoms with E-state index in [1.165, 1.54) is 12.1 Å². The van der Waals surface area contributed by atoms with Gasteiger partial charge in [-0.15, -0.1) is 0 Å². The summed E-state index contributed by atoms with van der Waals surface area (Å²) in [5.74, 6) is 0.416. The van der Waals surface area contributed by atoms with Crippen molar-refractivity contribution in [2.24, 2.45) is 0 Å². The molecule has 0 aliphatic heterocycles. The first kappa shape index (κ1) is 11.4. The minimum absolute atomic E-state index is 0.272. The number of anilines is 3. The average molecular weight is 231 g/mol. The molecule has 0 saturated carbocycles. The molecule has 2 rings (SSSR count). The van der Waals surface area contributed by atoms with E-state index in [0.29, 0.717) is 17.2 Å². The lowest BCUT2D eigenvalue weighted by molar-refractivity contribution is 0.628. The predicted molar refractivity (Wildman–Crippen MR) is 67.8 cm³/mol. The number of nitrogen functional groups attached to an aromatic ring is 1. The largest absolute Gasteiger partial charge is 0.397 e. The number of halogens is 1. The SMILES string of the molecule is Cc1ccc(F)cc1Nc1ncc(N)cc1C. The highest BCUT2D eigenvalue weighted by atomic mass is 19.1. The quantitative estimate of drug-likeness (QED) is 0.834. The Morgan fingerprint density at radius 3 is 2.65 bits per heavy atom. The van der Waals surface area contributed by atoms with Gasteiger partial charge in [0, 0.05) is 5.69 Å². The third kappa shape index (κ3) is 2.53. The Labute approximate surface area is 99.5 Å². The second kappa shape index (κ2) is 4.41. The molecule has 88 valence electrons. The van der Waals surface area contributed by atoms with Crippen molar-refractivity contribution in [1.82, 2.24) is 4.98 Å². The molecule has 0 radical (unpaired) electrons. The molecule has 1 aromatic heterocycles. The zero-order chi connectivity index (χ0) is 12.4. The van der Waals surface area contributed by atoms with Gasteiger partial charge in [0.25, 0.3) is 0 Å². The summed E-state index contributed by atoms with van der Waals surface area (Å²) >= 11 is 0. The van der Waals surface area contributed by atoms with Crippen LogP contribution in [0.1, 0.15) is 11.1 Å². The van der Waals surface area contributed by atoms with Gasteiger partial charge in [-0.25, -0.2) is 9.37 Å². The number of hydrogen-bond donors (Lipinski definition) is 2. The molecule has 0 aliphatic carbocycles. The summed E-state index contributed by atoms with van der Waals surface area (Å²) in [7, 11) is 0. The lowest BCUT2D eigenvalue weighted by Crippen LogP contribution is -2.00. The molecule has 0 aliphatic rings. The molecule has 3 N–H and O–H groups in total. The van der Waals surface area contributed by atoms with E-state index in [4.69, 9.17) is 5.73 Å². The molecular formula is C13H14FN3. The number of nitrogens with one attached hydrogen (secondary N) is 1. The number of nitrogens with two attached hydrogens (primary N) is 1. The number of aryl methyl sites for hydroxylation is 2. The maximum atomic E-state index is 13.1. The zero-order valence-corrected chi connectivity index (χ0v) is 9.79. The van der Waals surface area contributed by atoms with Crippen LogP contribution in [0.3, 0.4) is 0 Å². The zero-order valence-electron chi connectivity index (χ0n) is 9.79. The normalized spacial score (nSPS) is 10.3. The lowest BCUT2D eigenvalue weighted by Gasteiger charge is -2.11. The van der Waals surface area contributed by atoms with Gasteiger partial charge in [-0.05, 0) is 43.2 Å². The van der Waals surface area contributed by atoms with E-state index in [9.17, 15) is 4.39 Å². The van der Waals surface area contributed by atoms with Crippen molar-refractivity contribution >= 4 is 17.2 Å². The predicted octanol–water partition coefficient (Wildman–Crippen LogP) is 3.16. The highest BCUT2D eigenvalue weighted by Gasteiger charge is 2.04. The number of nitrogens with zero attached hydrogens (tertiary/aromatic N) is 1. The molecule has 0 fully saturated rings. The van der Waals surface area contributed by atoms with Crippen LogP contribution < -0.4 is 11.1 Å².